The van der Waals surface area contributed by atoms with Crippen molar-refractivity contribution in [1.29, 1.82) is 0 Å². The fraction of sp³-hybridized carbons (Fsp3) is 0.310. The Kier molecular flexibility index (Phi) is 6.30. The number of ketones is 1. The van der Waals surface area contributed by atoms with E-state index in [0.717, 1.165) is 0 Å². The highest BCUT2D eigenvalue weighted by atomic mass is 35.5. The molecule has 5 rings (SSSR count). The first-order chi connectivity index (χ1) is 18.5. The predicted molar refractivity (Wildman–Crippen MR) is 145 cm³/mol. The zero-order valence-corrected chi connectivity index (χ0v) is 22.8. The SMILES string of the molecule is CCOC(=O)c1ccc(N2C(N)=C(C(=O)OC)C3(C(=O)Nc4ccc(Cl)cc43)C3=C2CC(C)(C)CC3=O)cc1. The smallest absolute Gasteiger partial charge is 0.339 e. The van der Waals surface area contributed by atoms with Gasteiger partial charge in [0.2, 0.25) is 5.91 Å². The quantitative estimate of drug-likeness (QED) is 0.543. The minimum absolute atomic E-state index is 0.0574. The van der Waals surface area contributed by atoms with E-state index < -0.39 is 28.7 Å². The van der Waals surface area contributed by atoms with E-state index in [4.69, 9.17) is 26.8 Å². The molecule has 202 valence electrons. The maximum Gasteiger partial charge on any atom is 0.339 e. The number of esters is 2. The average molecular weight is 550 g/mol. The highest BCUT2D eigenvalue weighted by Crippen LogP contribution is 2.57. The highest BCUT2D eigenvalue weighted by Gasteiger charge is 2.63. The van der Waals surface area contributed by atoms with Crippen LogP contribution in [0.5, 0.6) is 0 Å². The number of anilines is 2. The van der Waals surface area contributed by atoms with E-state index >= 15 is 0 Å². The van der Waals surface area contributed by atoms with Gasteiger partial charge < -0.3 is 20.5 Å². The number of methoxy groups -OCH3 is 1. The first kappa shape index (κ1) is 26.5. The van der Waals surface area contributed by atoms with Crippen LogP contribution in [0, 0.1) is 5.41 Å². The van der Waals surface area contributed by atoms with Crippen LogP contribution < -0.4 is 16.0 Å². The molecule has 1 unspecified atom stereocenters. The van der Waals surface area contributed by atoms with Gasteiger partial charge in [0.15, 0.2) is 5.78 Å². The largest absolute Gasteiger partial charge is 0.466 e. The number of carbonyl (C=O) groups excluding carboxylic acids is 4. The molecule has 2 aliphatic heterocycles. The lowest BCUT2D eigenvalue weighted by atomic mass is 9.60. The van der Waals surface area contributed by atoms with Gasteiger partial charge in [0.1, 0.15) is 16.8 Å². The molecule has 1 spiro atoms. The van der Waals surface area contributed by atoms with Gasteiger partial charge in [-0.15, -0.1) is 0 Å². The minimum atomic E-state index is -1.85. The van der Waals surface area contributed by atoms with Gasteiger partial charge in [-0.3, -0.25) is 14.5 Å². The predicted octanol–water partition coefficient (Wildman–Crippen LogP) is 4.21. The summed E-state index contributed by atoms with van der Waals surface area (Å²) in [6, 6.07) is 11.3. The summed E-state index contributed by atoms with van der Waals surface area (Å²) in [5.41, 5.74) is 6.57. The van der Waals surface area contributed by atoms with Gasteiger partial charge in [-0.25, -0.2) is 9.59 Å². The van der Waals surface area contributed by atoms with Crippen molar-refractivity contribution in [2.75, 3.05) is 23.9 Å². The molecule has 0 aromatic heterocycles. The number of hydrogen-bond acceptors (Lipinski definition) is 8. The monoisotopic (exact) mass is 549 g/mol. The van der Waals surface area contributed by atoms with Crippen molar-refractivity contribution >= 4 is 46.6 Å². The number of hydrogen-bond donors (Lipinski definition) is 2. The standard InChI is InChI=1S/C29H28ClN3O6/c1-5-39-25(35)15-6-9-17(10-7-15)33-20-13-28(2,3)14-21(34)22(20)29(23(24(33)31)26(36)38-4)18-12-16(30)8-11-19(18)32-27(29)37/h6-12H,5,13-14,31H2,1-4H3,(H,32,37). The number of nitrogens with two attached hydrogens (primary N) is 1. The zero-order valence-electron chi connectivity index (χ0n) is 22.0. The fourth-order valence-corrected chi connectivity index (χ4v) is 6.04. The Bertz CT molecular complexity index is 1510. The van der Waals surface area contributed by atoms with Crippen LogP contribution in [0.15, 0.2) is 65.1 Å². The zero-order chi connectivity index (χ0) is 28.3. The molecule has 2 aromatic rings. The van der Waals surface area contributed by atoms with Crippen molar-refractivity contribution < 1.29 is 28.7 Å². The lowest BCUT2D eigenvalue weighted by Gasteiger charge is -2.47. The highest BCUT2D eigenvalue weighted by molar-refractivity contribution is 6.31. The molecule has 1 amide bonds. The second kappa shape index (κ2) is 9.27. The molecule has 3 N–H and O–H groups in total. The molecule has 2 heterocycles. The van der Waals surface area contributed by atoms with Crippen molar-refractivity contribution in [3.05, 3.63) is 81.3 Å². The summed E-state index contributed by atoms with van der Waals surface area (Å²) in [6.07, 6.45) is 0.536. The summed E-state index contributed by atoms with van der Waals surface area (Å²) >= 11 is 6.36. The van der Waals surface area contributed by atoms with Gasteiger partial charge in [-0.2, -0.15) is 0 Å². The molecule has 0 bridgehead atoms. The van der Waals surface area contributed by atoms with Gasteiger partial charge in [0, 0.05) is 39.7 Å². The van der Waals surface area contributed by atoms with Crippen LogP contribution in [0.2, 0.25) is 5.02 Å². The summed E-state index contributed by atoms with van der Waals surface area (Å²) in [7, 11) is 1.19. The van der Waals surface area contributed by atoms with Gasteiger partial charge >= 0.3 is 11.9 Å². The van der Waals surface area contributed by atoms with E-state index in [2.05, 4.69) is 5.32 Å². The van der Waals surface area contributed by atoms with Crippen LogP contribution in [-0.2, 0) is 29.3 Å². The second-order valence-corrected chi connectivity index (χ2v) is 10.9. The Morgan fingerprint density at radius 3 is 2.41 bits per heavy atom. The molecule has 9 nitrogen and oxygen atoms in total. The number of nitrogens with one attached hydrogen (secondary N) is 1. The molecule has 10 heteroatoms. The van der Waals surface area contributed by atoms with E-state index in [1.54, 1.807) is 54.3 Å². The Balaban J connectivity index is 1.84. The van der Waals surface area contributed by atoms with Gasteiger partial charge in [-0.05, 0) is 61.2 Å². The van der Waals surface area contributed by atoms with Crippen LogP contribution in [0.4, 0.5) is 11.4 Å². The summed E-state index contributed by atoms with van der Waals surface area (Å²) < 4.78 is 10.2. The van der Waals surface area contributed by atoms with Crippen molar-refractivity contribution in [3.8, 4) is 0 Å². The maximum absolute atomic E-state index is 14.0. The molecule has 0 fully saturated rings. The van der Waals surface area contributed by atoms with Crippen LogP contribution in [0.25, 0.3) is 0 Å². The number of Topliss-reactive ketones (excluding diaryl/α,β-unsaturated/α-hetero) is 1. The number of carbonyl (C=O) groups is 4. The van der Waals surface area contributed by atoms with Crippen LogP contribution in [-0.4, -0.2) is 37.3 Å². The Labute approximate surface area is 230 Å². The Morgan fingerprint density at radius 1 is 1.08 bits per heavy atom. The lowest BCUT2D eigenvalue weighted by molar-refractivity contribution is -0.138. The molecule has 3 aliphatic rings. The number of benzene rings is 2. The van der Waals surface area contributed by atoms with Crippen molar-refractivity contribution in [2.45, 2.75) is 39.0 Å². The normalized spacial score (nSPS) is 21.5. The molecule has 1 aliphatic carbocycles. The first-order valence-corrected chi connectivity index (χ1v) is 12.9. The molecule has 2 aromatic carbocycles. The topological polar surface area (TPSA) is 128 Å². The number of amides is 1. The third-order valence-corrected chi connectivity index (χ3v) is 7.61. The van der Waals surface area contributed by atoms with E-state index in [1.165, 1.54) is 7.11 Å². The molecular formula is C29H28ClN3O6. The van der Waals surface area contributed by atoms with Crippen LogP contribution >= 0.6 is 11.6 Å². The third-order valence-electron chi connectivity index (χ3n) is 7.37. The number of fused-ring (bicyclic) bond motifs is 3. The third kappa shape index (κ3) is 3.91. The van der Waals surface area contributed by atoms with E-state index in [9.17, 15) is 19.2 Å². The Morgan fingerprint density at radius 2 is 1.77 bits per heavy atom. The molecule has 0 saturated carbocycles. The summed E-state index contributed by atoms with van der Waals surface area (Å²) in [5.74, 6) is -2.26. The minimum Gasteiger partial charge on any atom is -0.466 e. The van der Waals surface area contributed by atoms with Crippen molar-refractivity contribution in [1.82, 2.24) is 0 Å². The van der Waals surface area contributed by atoms with Gasteiger partial charge in [0.25, 0.3) is 0 Å². The summed E-state index contributed by atoms with van der Waals surface area (Å²) in [4.78, 5) is 55.3. The fourth-order valence-electron chi connectivity index (χ4n) is 5.87. The lowest BCUT2D eigenvalue weighted by Crippen LogP contribution is -2.54. The summed E-state index contributed by atoms with van der Waals surface area (Å²) in [6.45, 7) is 5.86. The molecular weight excluding hydrogens is 522 g/mol. The molecule has 39 heavy (non-hydrogen) atoms. The van der Waals surface area contributed by atoms with Crippen molar-refractivity contribution in [2.24, 2.45) is 11.1 Å². The number of ether oxygens (including phenoxy) is 2. The Hall–Kier alpha value is -4.11. The van der Waals surface area contributed by atoms with E-state index in [1.807, 2.05) is 13.8 Å². The molecule has 0 radical (unpaired) electrons. The van der Waals surface area contributed by atoms with Gasteiger partial charge in [0.05, 0.1) is 19.3 Å². The van der Waals surface area contributed by atoms with E-state index in [-0.39, 0.29) is 35.8 Å². The summed E-state index contributed by atoms with van der Waals surface area (Å²) in [5, 5.41) is 3.15. The number of rotatable bonds is 4. The second-order valence-electron chi connectivity index (χ2n) is 10.5. The number of nitrogens with zero attached hydrogens (tertiary/aromatic N) is 1. The first-order valence-electron chi connectivity index (χ1n) is 12.5. The van der Waals surface area contributed by atoms with Crippen molar-refractivity contribution in [3.63, 3.8) is 0 Å². The average Bonchev–Trinajstić information content (AvgIpc) is 3.14. The molecule has 0 saturated heterocycles. The number of halogens is 1. The van der Waals surface area contributed by atoms with Crippen LogP contribution in [0.3, 0.4) is 0 Å². The van der Waals surface area contributed by atoms with Crippen LogP contribution in [0.1, 0.15) is 49.5 Å². The maximum atomic E-state index is 14.0. The van der Waals surface area contributed by atoms with Gasteiger partial charge in [-0.1, -0.05) is 25.4 Å². The molecule has 1 atom stereocenters. The number of allylic oxidation sites excluding steroid dienone is 1. The van der Waals surface area contributed by atoms with E-state index in [0.29, 0.717) is 39.6 Å².